The van der Waals surface area contributed by atoms with Crippen LogP contribution >= 0.6 is 0 Å². The van der Waals surface area contributed by atoms with Gasteiger partial charge in [0, 0.05) is 23.0 Å². The van der Waals surface area contributed by atoms with Crippen molar-refractivity contribution in [2.45, 2.75) is 20.8 Å². The summed E-state index contributed by atoms with van der Waals surface area (Å²) in [5.41, 5.74) is 9.95. The molecule has 102 valence electrons. The average molecular weight is 270 g/mol. The maximum Gasteiger partial charge on any atom is 0.153 e. The van der Waals surface area contributed by atoms with Gasteiger partial charge in [-0.3, -0.25) is 4.98 Å². The van der Waals surface area contributed by atoms with Crippen molar-refractivity contribution in [3.63, 3.8) is 0 Å². The van der Waals surface area contributed by atoms with Gasteiger partial charge >= 0.3 is 0 Å². The van der Waals surface area contributed by atoms with Gasteiger partial charge in [-0.2, -0.15) is 5.10 Å². The first-order valence-electron chi connectivity index (χ1n) is 6.36. The van der Waals surface area contributed by atoms with Crippen LogP contribution in [0.1, 0.15) is 17.0 Å². The molecule has 0 aliphatic heterocycles. The molecule has 0 saturated heterocycles. The SMILES string of the molecule is Cc1nn(-c2c(F)cc(N)c3cccnc23)c(C)c1C. The molecule has 0 bridgehead atoms. The molecule has 0 amide bonds. The zero-order valence-electron chi connectivity index (χ0n) is 11.6. The first-order chi connectivity index (χ1) is 9.50. The van der Waals surface area contributed by atoms with Crippen molar-refractivity contribution in [2.75, 3.05) is 5.73 Å². The van der Waals surface area contributed by atoms with Crippen molar-refractivity contribution in [1.82, 2.24) is 14.8 Å². The van der Waals surface area contributed by atoms with Crippen LogP contribution in [0.2, 0.25) is 0 Å². The first kappa shape index (κ1) is 12.6. The van der Waals surface area contributed by atoms with Crippen LogP contribution in [0.5, 0.6) is 0 Å². The molecule has 0 atom stereocenters. The van der Waals surface area contributed by atoms with Gasteiger partial charge in [-0.25, -0.2) is 9.07 Å². The molecule has 3 aromatic rings. The van der Waals surface area contributed by atoms with Crippen LogP contribution in [0.4, 0.5) is 10.1 Å². The number of fused-ring (bicyclic) bond motifs is 1. The Morgan fingerprint density at radius 3 is 2.65 bits per heavy atom. The first-order valence-corrected chi connectivity index (χ1v) is 6.36. The molecule has 20 heavy (non-hydrogen) atoms. The van der Waals surface area contributed by atoms with E-state index in [1.807, 2.05) is 26.8 Å². The highest BCUT2D eigenvalue weighted by Gasteiger charge is 2.18. The average Bonchev–Trinajstić information content (AvgIpc) is 2.67. The molecule has 2 heterocycles. The second kappa shape index (κ2) is 4.30. The zero-order valence-corrected chi connectivity index (χ0v) is 11.6. The number of rotatable bonds is 1. The van der Waals surface area contributed by atoms with E-state index in [4.69, 9.17) is 5.73 Å². The molecule has 0 aliphatic carbocycles. The number of hydrogen-bond donors (Lipinski definition) is 1. The standard InChI is InChI=1S/C15H15FN4/c1-8-9(2)19-20(10(8)3)15-12(16)7-13(17)11-5-4-6-18-14(11)15/h4-7H,17H2,1-3H3. The largest absolute Gasteiger partial charge is 0.398 e. The van der Waals surface area contributed by atoms with Gasteiger partial charge < -0.3 is 5.73 Å². The summed E-state index contributed by atoms with van der Waals surface area (Å²) in [5.74, 6) is -0.417. The van der Waals surface area contributed by atoms with Crippen LogP contribution < -0.4 is 5.73 Å². The van der Waals surface area contributed by atoms with E-state index in [0.29, 0.717) is 16.9 Å². The molecule has 0 radical (unpaired) electrons. The molecule has 2 aromatic heterocycles. The number of aromatic nitrogens is 3. The molecule has 0 fully saturated rings. The summed E-state index contributed by atoms with van der Waals surface area (Å²) >= 11 is 0. The lowest BCUT2D eigenvalue weighted by Gasteiger charge is -2.11. The molecule has 1 aromatic carbocycles. The van der Waals surface area contributed by atoms with Gasteiger partial charge in [0.2, 0.25) is 0 Å². The topological polar surface area (TPSA) is 56.7 Å². The van der Waals surface area contributed by atoms with E-state index in [-0.39, 0.29) is 0 Å². The van der Waals surface area contributed by atoms with E-state index in [9.17, 15) is 4.39 Å². The Bertz CT molecular complexity index is 820. The van der Waals surface area contributed by atoms with Crippen LogP contribution in [0, 0.1) is 26.6 Å². The fourth-order valence-corrected chi connectivity index (χ4v) is 2.36. The highest BCUT2D eigenvalue weighted by atomic mass is 19.1. The highest BCUT2D eigenvalue weighted by molar-refractivity contribution is 5.95. The Kier molecular flexibility index (Phi) is 2.71. The minimum atomic E-state index is -0.417. The smallest absolute Gasteiger partial charge is 0.153 e. The zero-order chi connectivity index (χ0) is 14.4. The Balaban J connectivity index is 2.44. The fourth-order valence-electron chi connectivity index (χ4n) is 2.36. The van der Waals surface area contributed by atoms with Crippen molar-refractivity contribution >= 4 is 16.6 Å². The monoisotopic (exact) mass is 270 g/mol. The number of nitrogen functional groups attached to an aromatic ring is 1. The van der Waals surface area contributed by atoms with Gasteiger partial charge in [0.25, 0.3) is 0 Å². The molecule has 0 saturated carbocycles. The normalized spacial score (nSPS) is 11.2. The van der Waals surface area contributed by atoms with Crippen molar-refractivity contribution in [3.8, 4) is 5.69 Å². The van der Waals surface area contributed by atoms with E-state index >= 15 is 0 Å². The van der Waals surface area contributed by atoms with Gasteiger partial charge in [0.05, 0.1) is 5.69 Å². The van der Waals surface area contributed by atoms with Crippen molar-refractivity contribution in [1.29, 1.82) is 0 Å². The third kappa shape index (κ3) is 1.66. The lowest BCUT2D eigenvalue weighted by molar-refractivity contribution is 0.611. The molecule has 4 nitrogen and oxygen atoms in total. The summed E-state index contributed by atoms with van der Waals surface area (Å²) in [6, 6.07) is 4.94. The number of benzene rings is 1. The molecule has 2 N–H and O–H groups in total. The van der Waals surface area contributed by atoms with Crippen molar-refractivity contribution in [2.24, 2.45) is 0 Å². The summed E-state index contributed by atoms with van der Waals surface area (Å²) in [5, 5.41) is 5.15. The number of nitrogens with zero attached hydrogens (tertiary/aromatic N) is 3. The molecule has 0 aliphatic rings. The number of nitrogens with two attached hydrogens (primary N) is 1. The lowest BCUT2D eigenvalue weighted by Crippen LogP contribution is -2.06. The lowest BCUT2D eigenvalue weighted by atomic mass is 10.1. The van der Waals surface area contributed by atoms with Gasteiger partial charge in [0.15, 0.2) is 5.82 Å². The number of aryl methyl sites for hydroxylation is 1. The molecule has 0 spiro atoms. The van der Waals surface area contributed by atoms with E-state index in [1.165, 1.54) is 6.07 Å². The van der Waals surface area contributed by atoms with Crippen LogP contribution in [0.15, 0.2) is 24.4 Å². The molecule has 3 rings (SSSR count). The number of anilines is 1. The maximum atomic E-state index is 14.4. The van der Waals surface area contributed by atoms with Crippen molar-refractivity contribution in [3.05, 3.63) is 47.2 Å². The number of hydrogen-bond acceptors (Lipinski definition) is 3. The fraction of sp³-hybridized carbons (Fsp3) is 0.200. The minimum absolute atomic E-state index is 0.350. The van der Waals surface area contributed by atoms with E-state index in [2.05, 4.69) is 10.1 Å². The third-order valence-electron chi connectivity index (χ3n) is 3.72. The Morgan fingerprint density at radius 2 is 2.00 bits per heavy atom. The predicted octanol–water partition coefficient (Wildman–Crippen LogP) is 3.07. The van der Waals surface area contributed by atoms with Gasteiger partial charge in [0.1, 0.15) is 11.2 Å². The van der Waals surface area contributed by atoms with Gasteiger partial charge in [-0.1, -0.05) is 0 Å². The molecule has 0 unspecified atom stereocenters. The number of halogens is 1. The summed E-state index contributed by atoms with van der Waals surface area (Å²) in [4.78, 5) is 4.28. The minimum Gasteiger partial charge on any atom is -0.398 e. The van der Waals surface area contributed by atoms with E-state index < -0.39 is 5.82 Å². The highest BCUT2D eigenvalue weighted by Crippen LogP contribution is 2.29. The van der Waals surface area contributed by atoms with Crippen LogP contribution in [0.3, 0.4) is 0 Å². The number of pyridine rings is 1. The van der Waals surface area contributed by atoms with E-state index in [1.54, 1.807) is 16.9 Å². The second-order valence-corrected chi connectivity index (χ2v) is 4.90. The quantitative estimate of drug-likeness (QED) is 0.691. The Morgan fingerprint density at radius 1 is 1.25 bits per heavy atom. The summed E-state index contributed by atoms with van der Waals surface area (Å²) in [6.45, 7) is 5.79. The van der Waals surface area contributed by atoms with Crippen LogP contribution in [0.25, 0.3) is 16.6 Å². The summed E-state index contributed by atoms with van der Waals surface area (Å²) in [6.07, 6.45) is 1.63. The third-order valence-corrected chi connectivity index (χ3v) is 3.72. The maximum absolute atomic E-state index is 14.4. The summed E-state index contributed by atoms with van der Waals surface area (Å²) < 4.78 is 16.0. The van der Waals surface area contributed by atoms with Crippen LogP contribution in [-0.4, -0.2) is 14.8 Å². The summed E-state index contributed by atoms with van der Waals surface area (Å²) in [7, 11) is 0. The molecule has 5 heteroatoms. The molecular formula is C15H15FN4. The Hall–Kier alpha value is -2.43. The predicted molar refractivity (Wildman–Crippen MR) is 77.4 cm³/mol. The Labute approximate surface area is 116 Å². The molecular weight excluding hydrogens is 255 g/mol. The van der Waals surface area contributed by atoms with E-state index in [0.717, 1.165) is 22.3 Å². The van der Waals surface area contributed by atoms with Gasteiger partial charge in [-0.15, -0.1) is 0 Å². The van der Waals surface area contributed by atoms with Gasteiger partial charge in [-0.05, 0) is 44.5 Å². The van der Waals surface area contributed by atoms with Crippen LogP contribution in [-0.2, 0) is 0 Å². The van der Waals surface area contributed by atoms with Crippen molar-refractivity contribution < 1.29 is 4.39 Å². The second-order valence-electron chi connectivity index (χ2n) is 4.90.